The highest BCUT2D eigenvalue weighted by atomic mass is 19.3. The summed E-state index contributed by atoms with van der Waals surface area (Å²) in [5.41, 5.74) is 0. The normalized spacial score (nSPS) is 13.9. The lowest BCUT2D eigenvalue weighted by molar-refractivity contribution is -0.147. The third-order valence-electron chi connectivity index (χ3n) is 1.69. The van der Waals surface area contributed by atoms with Crippen molar-refractivity contribution in [2.45, 2.75) is 25.7 Å². The molecule has 0 spiro atoms. The van der Waals surface area contributed by atoms with Crippen molar-refractivity contribution >= 4 is 5.97 Å². The summed E-state index contributed by atoms with van der Waals surface area (Å²) in [6, 6.07) is 0. The van der Waals surface area contributed by atoms with E-state index in [9.17, 15) is 13.6 Å². The molecule has 0 aliphatic rings. The van der Waals surface area contributed by atoms with Crippen molar-refractivity contribution in [3.05, 3.63) is 0 Å². The molecule has 0 heterocycles. The lowest BCUT2D eigenvalue weighted by Crippen LogP contribution is -2.22. The zero-order valence-corrected chi connectivity index (χ0v) is 7.72. The molecule has 0 saturated carbocycles. The van der Waals surface area contributed by atoms with E-state index in [0.29, 0.717) is 0 Å². The minimum Gasteiger partial charge on any atom is -0.469 e. The number of hydrogen-bond acceptors (Lipinski definition) is 3. The summed E-state index contributed by atoms with van der Waals surface area (Å²) in [6.07, 6.45) is -0.486. The van der Waals surface area contributed by atoms with E-state index in [1.807, 2.05) is 0 Å². The van der Waals surface area contributed by atoms with Crippen molar-refractivity contribution in [3.8, 4) is 0 Å². The van der Waals surface area contributed by atoms with E-state index in [1.54, 1.807) is 0 Å². The molecular weight excluding hydrogens is 182 g/mol. The average Bonchev–Trinajstić information content (AvgIpc) is 2.03. The predicted octanol–water partition coefficient (Wildman–Crippen LogP) is 1.20. The maximum atomic E-state index is 12.4. The van der Waals surface area contributed by atoms with Gasteiger partial charge in [0.1, 0.15) is 0 Å². The first-order valence-corrected chi connectivity index (χ1v) is 3.97. The van der Waals surface area contributed by atoms with E-state index >= 15 is 0 Å². The number of aliphatic hydroxyl groups is 1. The molecule has 1 atom stereocenters. The molecule has 13 heavy (non-hydrogen) atoms. The molecule has 0 saturated heterocycles. The van der Waals surface area contributed by atoms with Crippen LogP contribution in [0.25, 0.3) is 0 Å². The molecule has 5 heteroatoms. The van der Waals surface area contributed by atoms with Crippen LogP contribution in [-0.2, 0) is 9.53 Å². The Balaban J connectivity index is 3.93. The molecule has 0 rings (SSSR count). The second-order valence-electron chi connectivity index (χ2n) is 3.01. The molecule has 3 nitrogen and oxygen atoms in total. The number of halogens is 2. The van der Waals surface area contributed by atoms with E-state index in [1.165, 1.54) is 0 Å². The second kappa shape index (κ2) is 5.11. The highest BCUT2D eigenvalue weighted by Gasteiger charge is 2.26. The van der Waals surface area contributed by atoms with Gasteiger partial charge >= 0.3 is 5.97 Å². The third kappa shape index (κ3) is 5.52. The van der Waals surface area contributed by atoms with Crippen molar-refractivity contribution in [1.29, 1.82) is 0 Å². The van der Waals surface area contributed by atoms with E-state index in [-0.39, 0.29) is 6.42 Å². The molecule has 0 bridgehead atoms. The average molecular weight is 196 g/mol. The number of methoxy groups -OCH3 is 1. The van der Waals surface area contributed by atoms with Crippen molar-refractivity contribution in [2.75, 3.05) is 13.7 Å². The van der Waals surface area contributed by atoms with Crippen LogP contribution in [0.2, 0.25) is 0 Å². The number of esters is 1. The summed E-state index contributed by atoms with van der Waals surface area (Å²) in [5.74, 6) is -4.29. The molecule has 0 aliphatic carbocycles. The van der Waals surface area contributed by atoms with Crippen LogP contribution in [-0.4, -0.2) is 30.7 Å². The Kier molecular flexibility index (Phi) is 4.83. The zero-order valence-electron chi connectivity index (χ0n) is 7.72. The first kappa shape index (κ1) is 12.3. The first-order valence-electron chi connectivity index (χ1n) is 3.97. The van der Waals surface area contributed by atoms with Gasteiger partial charge in [0.15, 0.2) is 0 Å². The van der Waals surface area contributed by atoms with Gasteiger partial charge in [0, 0.05) is 6.42 Å². The van der Waals surface area contributed by atoms with E-state index in [4.69, 9.17) is 5.11 Å². The van der Waals surface area contributed by atoms with Gasteiger partial charge in [-0.1, -0.05) is 0 Å². The number of ether oxygens (including phenoxy) is 1. The highest BCUT2D eigenvalue weighted by molar-refractivity contribution is 5.72. The summed E-state index contributed by atoms with van der Waals surface area (Å²) >= 11 is 0. The largest absolute Gasteiger partial charge is 0.469 e. The van der Waals surface area contributed by atoms with Crippen molar-refractivity contribution in [2.24, 2.45) is 5.92 Å². The van der Waals surface area contributed by atoms with Crippen LogP contribution in [0.4, 0.5) is 8.78 Å². The van der Waals surface area contributed by atoms with Gasteiger partial charge in [0.25, 0.3) is 0 Å². The fourth-order valence-electron chi connectivity index (χ4n) is 0.878. The number of aliphatic hydroxyl groups excluding tert-OH is 1. The van der Waals surface area contributed by atoms with E-state index in [2.05, 4.69) is 4.74 Å². The molecule has 0 aromatic carbocycles. The summed E-state index contributed by atoms with van der Waals surface area (Å²) in [6.45, 7) is 0.321. The summed E-state index contributed by atoms with van der Waals surface area (Å²) in [7, 11) is 1.16. The van der Waals surface area contributed by atoms with Crippen LogP contribution >= 0.6 is 0 Å². The van der Waals surface area contributed by atoms with Crippen LogP contribution in [0, 0.1) is 5.92 Å². The zero-order chi connectivity index (χ0) is 10.5. The Morgan fingerprint density at radius 3 is 2.46 bits per heavy atom. The first-order chi connectivity index (χ1) is 5.90. The molecule has 0 amide bonds. The summed E-state index contributed by atoms with van der Waals surface area (Å²) in [5, 5.41) is 8.68. The van der Waals surface area contributed by atoms with Crippen LogP contribution in [0.1, 0.15) is 19.8 Å². The lowest BCUT2D eigenvalue weighted by Gasteiger charge is -2.14. The van der Waals surface area contributed by atoms with Crippen LogP contribution in [0.5, 0.6) is 0 Å². The van der Waals surface area contributed by atoms with Gasteiger partial charge in [-0.05, 0) is 13.3 Å². The second-order valence-corrected chi connectivity index (χ2v) is 3.01. The van der Waals surface area contributed by atoms with Gasteiger partial charge < -0.3 is 9.84 Å². The van der Waals surface area contributed by atoms with Gasteiger partial charge in [-0.3, -0.25) is 4.79 Å². The van der Waals surface area contributed by atoms with E-state index in [0.717, 1.165) is 14.0 Å². The molecule has 1 unspecified atom stereocenters. The van der Waals surface area contributed by atoms with Crippen molar-refractivity contribution in [1.82, 2.24) is 0 Å². The third-order valence-corrected chi connectivity index (χ3v) is 1.69. The monoisotopic (exact) mass is 196 g/mol. The van der Waals surface area contributed by atoms with Gasteiger partial charge in [-0.25, -0.2) is 8.78 Å². The van der Waals surface area contributed by atoms with Gasteiger partial charge in [-0.15, -0.1) is 0 Å². The quantitative estimate of drug-likeness (QED) is 0.672. The maximum Gasteiger partial charge on any atom is 0.310 e. The molecule has 0 radical (unpaired) electrons. The molecule has 0 fully saturated rings. The van der Waals surface area contributed by atoms with Crippen LogP contribution in [0.3, 0.4) is 0 Å². The highest BCUT2D eigenvalue weighted by Crippen LogP contribution is 2.22. The summed E-state index contributed by atoms with van der Waals surface area (Å²) in [4.78, 5) is 10.8. The fourth-order valence-corrected chi connectivity index (χ4v) is 0.878. The Morgan fingerprint density at radius 2 is 2.15 bits per heavy atom. The Labute approximate surface area is 75.7 Å². The molecule has 0 aliphatic heterocycles. The molecule has 78 valence electrons. The minimum absolute atomic E-state index is 0.0628. The van der Waals surface area contributed by atoms with Gasteiger partial charge in [-0.2, -0.15) is 0 Å². The van der Waals surface area contributed by atoms with Crippen molar-refractivity contribution in [3.63, 3.8) is 0 Å². The number of carbonyl (C=O) groups excluding carboxylic acids is 1. The lowest BCUT2D eigenvalue weighted by atomic mass is 10.0. The molecule has 1 N–H and O–H groups in total. The van der Waals surface area contributed by atoms with Crippen molar-refractivity contribution < 1.29 is 23.4 Å². The smallest absolute Gasteiger partial charge is 0.310 e. The topological polar surface area (TPSA) is 46.5 Å². The maximum absolute atomic E-state index is 12.4. The van der Waals surface area contributed by atoms with E-state index < -0.39 is 30.8 Å². The molecule has 0 aromatic heterocycles. The predicted molar refractivity (Wildman–Crippen MR) is 42.4 cm³/mol. The van der Waals surface area contributed by atoms with Gasteiger partial charge in [0.2, 0.25) is 5.92 Å². The molecular formula is C8H14F2O3. The number of rotatable bonds is 5. The standard InChI is InChI=1S/C8H14F2O3/c1-8(9,10)4-3-6(5-11)7(12)13-2/h6,11H,3-5H2,1-2H3. The number of carbonyl (C=O) groups is 1. The Hall–Kier alpha value is -0.710. The molecule has 0 aromatic rings. The van der Waals surface area contributed by atoms with Gasteiger partial charge in [0.05, 0.1) is 19.6 Å². The minimum atomic E-state index is -2.80. The number of hydrogen-bond donors (Lipinski definition) is 1. The van der Waals surface area contributed by atoms with Crippen LogP contribution < -0.4 is 0 Å². The number of alkyl halides is 2. The van der Waals surface area contributed by atoms with Crippen LogP contribution in [0.15, 0.2) is 0 Å². The Bertz CT molecular complexity index is 165. The Morgan fingerprint density at radius 1 is 1.62 bits per heavy atom. The fraction of sp³-hybridized carbons (Fsp3) is 0.875. The SMILES string of the molecule is COC(=O)C(CO)CCC(C)(F)F. The summed E-state index contributed by atoms with van der Waals surface area (Å²) < 4.78 is 29.0.